The van der Waals surface area contributed by atoms with Gasteiger partial charge in [0, 0.05) is 35.8 Å². The van der Waals surface area contributed by atoms with Crippen molar-refractivity contribution in [2.24, 2.45) is 0 Å². The van der Waals surface area contributed by atoms with E-state index in [0.29, 0.717) is 12.1 Å². The molecule has 0 amide bonds. The summed E-state index contributed by atoms with van der Waals surface area (Å²) in [7, 11) is 0. The predicted molar refractivity (Wildman–Crippen MR) is 106 cm³/mol. The van der Waals surface area contributed by atoms with E-state index in [9.17, 15) is 19.2 Å². The summed E-state index contributed by atoms with van der Waals surface area (Å²) < 4.78 is 8.05. The number of aromatic nitrogens is 3. The largest absolute Gasteiger partial charge is 0.456 e. The molecular formula is C21H21N3O5. The lowest BCUT2D eigenvalue weighted by Gasteiger charge is -2.10. The molecule has 0 aliphatic carbocycles. The molecule has 8 heteroatoms. The van der Waals surface area contributed by atoms with Gasteiger partial charge in [-0.25, -0.2) is 4.79 Å². The molecule has 0 atom stereocenters. The van der Waals surface area contributed by atoms with Gasteiger partial charge in [-0.15, -0.1) is 0 Å². The van der Waals surface area contributed by atoms with Crippen molar-refractivity contribution >= 4 is 11.8 Å². The molecule has 2 heterocycles. The number of hydrogen-bond donors (Lipinski definition) is 1. The van der Waals surface area contributed by atoms with E-state index < -0.39 is 30.4 Å². The molecule has 3 aromatic rings. The monoisotopic (exact) mass is 395 g/mol. The maximum atomic E-state index is 12.5. The van der Waals surface area contributed by atoms with Crippen LogP contribution in [-0.2, 0) is 22.6 Å². The molecule has 8 nitrogen and oxygen atoms in total. The lowest BCUT2D eigenvalue weighted by atomic mass is 10.1. The molecule has 1 aromatic carbocycles. The molecular weight excluding hydrogens is 374 g/mol. The Morgan fingerprint density at radius 2 is 1.79 bits per heavy atom. The molecule has 150 valence electrons. The van der Waals surface area contributed by atoms with Gasteiger partial charge < -0.3 is 9.30 Å². The van der Waals surface area contributed by atoms with Crippen molar-refractivity contribution in [1.82, 2.24) is 14.1 Å². The zero-order chi connectivity index (χ0) is 21.0. The van der Waals surface area contributed by atoms with Gasteiger partial charge in [0.15, 0.2) is 6.61 Å². The maximum absolute atomic E-state index is 12.5. The van der Waals surface area contributed by atoms with Gasteiger partial charge in [0.25, 0.3) is 5.56 Å². The number of nitrogens with one attached hydrogen (secondary N) is 1. The van der Waals surface area contributed by atoms with Gasteiger partial charge in [-0.05, 0) is 25.5 Å². The average molecular weight is 395 g/mol. The molecule has 29 heavy (non-hydrogen) atoms. The first-order valence-corrected chi connectivity index (χ1v) is 9.04. The van der Waals surface area contributed by atoms with Crippen LogP contribution in [0.2, 0.25) is 0 Å². The number of esters is 1. The molecule has 0 unspecified atom stereocenters. The first-order chi connectivity index (χ1) is 13.8. The number of Topliss-reactive ketones (excluding diaryl/α,β-unsaturated/α-hetero) is 1. The fourth-order valence-electron chi connectivity index (χ4n) is 3.07. The zero-order valence-electron chi connectivity index (χ0n) is 16.2. The number of ketones is 1. The van der Waals surface area contributed by atoms with Crippen molar-refractivity contribution in [2.75, 3.05) is 6.61 Å². The molecule has 2 aromatic heterocycles. The minimum absolute atomic E-state index is 0.320. The second-order valence-corrected chi connectivity index (χ2v) is 6.68. The Balaban J connectivity index is 1.65. The van der Waals surface area contributed by atoms with Gasteiger partial charge >= 0.3 is 11.7 Å². The van der Waals surface area contributed by atoms with Gasteiger partial charge in [-0.3, -0.25) is 23.9 Å². The Kier molecular flexibility index (Phi) is 5.92. The number of carbonyl (C=O) groups is 2. The number of benzene rings is 1. The molecule has 0 radical (unpaired) electrons. The lowest BCUT2D eigenvalue weighted by molar-refractivity contribution is -0.143. The smallest absolute Gasteiger partial charge is 0.328 e. The average Bonchev–Trinajstić information content (AvgIpc) is 2.97. The van der Waals surface area contributed by atoms with Crippen molar-refractivity contribution in [2.45, 2.75) is 26.9 Å². The number of ether oxygens (including phenoxy) is 1. The molecule has 0 bridgehead atoms. The fraction of sp³-hybridized carbons (Fsp3) is 0.238. The molecule has 0 aliphatic heterocycles. The van der Waals surface area contributed by atoms with Crippen molar-refractivity contribution < 1.29 is 14.3 Å². The number of aryl methyl sites for hydroxylation is 1. The van der Waals surface area contributed by atoms with Crippen molar-refractivity contribution in [3.63, 3.8) is 0 Å². The third-order valence-corrected chi connectivity index (χ3v) is 4.62. The Morgan fingerprint density at radius 3 is 2.48 bits per heavy atom. The summed E-state index contributed by atoms with van der Waals surface area (Å²) in [6.45, 7) is 3.59. The highest BCUT2D eigenvalue weighted by atomic mass is 16.5. The summed E-state index contributed by atoms with van der Waals surface area (Å²) in [5, 5.41) is 0. The summed E-state index contributed by atoms with van der Waals surface area (Å²) in [5.41, 5.74) is 2.06. The van der Waals surface area contributed by atoms with Crippen LogP contribution in [0.5, 0.6) is 0 Å². The second kappa shape index (κ2) is 8.55. The quantitative estimate of drug-likeness (QED) is 0.482. The van der Waals surface area contributed by atoms with E-state index in [2.05, 4.69) is 0 Å². The van der Waals surface area contributed by atoms with Crippen LogP contribution in [0.1, 0.15) is 27.3 Å². The minimum atomic E-state index is -0.745. The standard InChI is InChI=1S/C21H21N3O5/c1-14-10-17(15(2)24(14)11-16-6-4-3-5-7-16)18(25)13-29-20(27)12-23-9-8-19(26)22-21(23)28/h3-10H,11-13H2,1-2H3,(H,22,26,28). The number of hydrogen-bond acceptors (Lipinski definition) is 5. The van der Waals surface area contributed by atoms with E-state index in [4.69, 9.17) is 4.74 Å². The Labute approximate surface area is 166 Å². The SMILES string of the molecule is Cc1cc(C(=O)COC(=O)Cn2ccc(=O)[nH]c2=O)c(C)n1Cc1ccccc1. The summed E-state index contributed by atoms with van der Waals surface area (Å²) >= 11 is 0. The van der Waals surface area contributed by atoms with E-state index in [-0.39, 0.29) is 5.78 Å². The highest BCUT2D eigenvalue weighted by Crippen LogP contribution is 2.18. The van der Waals surface area contributed by atoms with Gasteiger partial charge in [-0.2, -0.15) is 0 Å². The van der Waals surface area contributed by atoms with Crippen LogP contribution in [0.4, 0.5) is 0 Å². The Bertz CT molecular complexity index is 1160. The van der Waals surface area contributed by atoms with E-state index in [1.165, 1.54) is 6.20 Å². The highest BCUT2D eigenvalue weighted by Gasteiger charge is 2.18. The Hall–Kier alpha value is -3.68. The van der Waals surface area contributed by atoms with Crippen LogP contribution >= 0.6 is 0 Å². The van der Waals surface area contributed by atoms with Crippen LogP contribution in [0.25, 0.3) is 0 Å². The van der Waals surface area contributed by atoms with Crippen molar-refractivity contribution in [1.29, 1.82) is 0 Å². The third kappa shape index (κ3) is 4.78. The molecule has 0 aliphatic rings. The van der Waals surface area contributed by atoms with Crippen LogP contribution in [-0.4, -0.2) is 32.5 Å². The molecule has 1 N–H and O–H groups in total. The normalized spacial score (nSPS) is 10.7. The highest BCUT2D eigenvalue weighted by molar-refractivity contribution is 5.99. The lowest BCUT2D eigenvalue weighted by Crippen LogP contribution is -2.31. The van der Waals surface area contributed by atoms with Crippen molar-refractivity contribution in [3.05, 3.63) is 92.0 Å². The second-order valence-electron chi connectivity index (χ2n) is 6.68. The number of H-pyrrole nitrogens is 1. The fourth-order valence-corrected chi connectivity index (χ4v) is 3.07. The number of aromatic amines is 1. The van der Waals surface area contributed by atoms with Gasteiger partial charge in [-0.1, -0.05) is 30.3 Å². The molecule has 0 spiro atoms. The van der Waals surface area contributed by atoms with E-state index in [1.807, 2.05) is 53.7 Å². The minimum Gasteiger partial charge on any atom is -0.456 e. The first kappa shape index (κ1) is 20.1. The molecule has 0 fully saturated rings. The third-order valence-electron chi connectivity index (χ3n) is 4.62. The van der Waals surface area contributed by atoms with Crippen molar-refractivity contribution in [3.8, 4) is 0 Å². The number of rotatable bonds is 7. The summed E-state index contributed by atoms with van der Waals surface area (Å²) in [4.78, 5) is 49.2. The topological polar surface area (TPSA) is 103 Å². The van der Waals surface area contributed by atoms with Crippen LogP contribution in [0, 0.1) is 13.8 Å². The summed E-state index contributed by atoms with van der Waals surface area (Å²) in [6, 6.07) is 12.8. The molecule has 0 saturated heterocycles. The van der Waals surface area contributed by atoms with Gasteiger partial charge in [0.2, 0.25) is 5.78 Å². The van der Waals surface area contributed by atoms with Crippen LogP contribution in [0.3, 0.4) is 0 Å². The molecule has 3 rings (SSSR count). The number of carbonyl (C=O) groups excluding carboxylic acids is 2. The summed E-state index contributed by atoms with van der Waals surface area (Å²) in [6.07, 6.45) is 1.20. The predicted octanol–water partition coefficient (Wildman–Crippen LogP) is 1.43. The summed E-state index contributed by atoms with van der Waals surface area (Å²) in [5.74, 6) is -1.06. The van der Waals surface area contributed by atoms with Gasteiger partial charge in [0.05, 0.1) is 0 Å². The van der Waals surface area contributed by atoms with E-state index in [0.717, 1.165) is 27.6 Å². The Morgan fingerprint density at radius 1 is 1.07 bits per heavy atom. The number of nitrogens with zero attached hydrogens (tertiary/aromatic N) is 2. The van der Waals surface area contributed by atoms with Crippen LogP contribution < -0.4 is 11.2 Å². The van der Waals surface area contributed by atoms with Crippen LogP contribution in [0.15, 0.2) is 58.3 Å². The van der Waals surface area contributed by atoms with E-state index in [1.54, 1.807) is 6.07 Å². The van der Waals surface area contributed by atoms with E-state index >= 15 is 0 Å². The van der Waals surface area contributed by atoms with Gasteiger partial charge in [0.1, 0.15) is 6.54 Å². The first-order valence-electron chi connectivity index (χ1n) is 9.04. The zero-order valence-corrected chi connectivity index (χ0v) is 16.2. The molecule has 0 saturated carbocycles. The maximum Gasteiger partial charge on any atom is 0.328 e.